The van der Waals surface area contributed by atoms with Gasteiger partial charge in [0.2, 0.25) is 0 Å². The molecule has 1 N–H and O–H groups in total. The van der Waals surface area contributed by atoms with Gasteiger partial charge in [0.15, 0.2) is 0 Å². The third kappa shape index (κ3) is 2.96. The van der Waals surface area contributed by atoms with Crippen LogP contribution in [0.1, 0.15) is 23.6 Å². The van der Waals surface area contributed by atoms with Crippen LogP contribution in [0.15, 0.2) is 48.5 Å². The van der Waals surface area contributed by atoms with Crippen molar-refractivity contribution in [2.75, 3.05) is 0 Å². The van der Waals surface area contributed by atoms with Gasteiger partial charge < -0.3 is 5.32 Å². The van der Waals surface area contributed by atoms with Crippen molar-refractivity contribution in [3.05, 3.63) is 75.3 Å². The first-order chi connectivity index (χ1) is 11.8. The summed E-state index contributed by atoms with van der Waals surface area (Å²) in [4.78, 5) is 36.5. The van der Waals surface area contributed by atoms with E-state index in [4.69, 9.17) is 0 Å². The first-order valence-electron chi connectivity index (χ1n) is 7.76. The Bertz CT molecular complexity index is 846. The maximum Gasteiger partial charge on any atom is 0.325 e. The Morgan fingerprint density at radius 3 is 2.24 bits per heavy atom. The Morgan fingerprint density at radius 2 is 1.68 bits per heavy atom. The predicted octanol–water partition coefficient (Wildman–Crippen LogP) is 2.87. The molecule has 0 aliphatic carbocycles. The molecule has 1 aliphatic heterocycles. The Labute approximate surface area is 144 Å². The lowest BCUT2D eigenvalue weighted by atomic mass is 9.91. The summed E-state index contributed by atoms with van der Waals surface area (Å²) in [5.74, 6) is -0.347. The molecular formula is C18H17N3O4. The summed E-state index contributed by atoms with van der Waals surface area (Å²) in [6.45, 7) is 3.68. The van der Waals surface area contributed by atoms with Gasteiger partial charge in [0.1, 0.15) is 5.54 Å². The van der Waals surface area contributed by atoms with Crippen LogP contribution in [0.2, 0.25) is 0 Å². The monoisotopic (exact) mass is 339 g/mol. The minimum atomic E-state index is -1.12. The maximum atomic E-state index is 12.8. The van der Waals surface area contributed by atoms with Gasteiger partial charge in [-0.3, -0.25) is 19.8 Å². The SMILES string of the molecule is Cc1ccc([C@]2(C)NC(=O)N(Cc3ccc([N+](=O)[O-])cc3)C2=O)cc1. The van der Waals surface area contributed by atoms with Crippen LogP contribution in [0.5, 0.6) is 0 Å². The second-order valence-electron chi connectivity index (χ2n) is 6.24. The van der Waals surface area contributed by atoms with Gasteiger partial charge in [0.25, 0.3) is 11.6 Å². The highest BCUT2D eigenvalue weighted by Crippen LogP contribution is 2.30. The van der Waals surface area contributed by atoms with Gasteiger partial charge in [-0.2, -0.15) is 0 Å². The van der Waals surface area contributed by atoms with Crippen molar-refractivity contribution in [3.63, 3.8) is 0 Å². The minimum absolute atomic E-state index is 0.0366. The van der Waals surface area contributed by atoms with E-state index in [1.54, 1.807) is 19.1 Å². The zero-order valence-corrected chi connectivity index (χ0v) is 13.9. The van der Waals surface area contributed by atoms with E-state index >= 15 is 0 Å². The third-order valence-corrected chi connectivity index (χ3v) is 4.39. The van der Waals surface area contributed by atoms with Gasteiger partial charge in [-0.15, -0.1) is 0 Å². The Balaban J connectivity index is 1.83. The van der Waals surface area contributed by atoms with E-state index < -0.39 is 16.5 Å². The van der Waals surface area contributed by atoms with Crippen LogP contribution in [0.25, 0.3) is 0 Å². The molecular weight excluding hydrogens is 322 g/mol. The van der Waals surface area contributed by atoms with Gasteiger partial charge >= 0.3 is 6.03 Å². The van der Waals surface area contributed by atoms with E-state index in [2.05, 4.69) is 5.32 Å². The van der Waals surface area contributed by atoms with Gasteiger partial charge in [0, 0.05) is 12.1 Å². The molecule has 0 radical (unpaired) electrons. The second kappa shape index (κ2) is 6.01. The number of carbonyl (C=O) groups is 2. The van der Waals surface area contributed by atoms with Crippen LogP contribution in [-0.4, -0.2) is 21.8 Å². The predicted molar refractivity (Wildman–Crippen MR) is 90.7 cm³/mol. The van der Waals surface area contributed by atoms with Crippen LogP contribution in [0.4, 0.5) is 10.5 Å². The lowest BCUT2D eigenvalue weighted by Crippen LogP contribution is -2.40. The fraction of sp³-hybridized carbons (Fsp3) is 0.222. The molecule has 7 nitrogen and oxygen atoms in total. The molecule has 3 rings (SSSR count). The first-order valence-corrected chi connectivity index (χ1v) is 7.76. The summed E-state index contributed by atoms with van der Waals surface area (Å²) in [6.07, 6.45) is 0. The molecule has 3 amide bonds. The average Bonchev–Trinajstić information content (AvgIpc) is 2.80. The number of hydrogen-bond donors (Lipinski definition) is 1. The molecule has 0 spiro atoms. The van der Waals surface area contributed by atoms with Crippen LogP contribution >= 0.6 is 0 Å². The molecule has 1 fully saturated rings. The lowest BCUT2D eigenvalue weighted by molar-refractivity contribution is -0.384. The van der Waals surface area contributed by atoms with E-state index in [9.17, 15) is 19.7 Å². The molecule has 1 heterocycles. The number of benzene rings is 2. The number of nitro benzene ring substituents is 1. The smallest absolute Gasteiger partial charge is 0.319 e. The van der Waals surface area contributed by atoms with Crippen LogP contribution in [0, 0.1) is 17.0 Å². The summed E-state index contributed by atoms with van der Waals surface area (Å²) in [5.41, 5.74) is 1.26. The zero-order valence-electron chi connectivity index (χ0n) is 13.9. The first kappa shape index (κ1) is 16.6. The average molecular weight is 339 g/mol. The van der Waals surface area contributed by atoms with Gasteiger partial charge in [-0.1, -0.05) is 42.0 Å². The van der Waals surface area contributed by atoms with E-state index in [0.29, 0.717) is 11.1 Å². The molecule has 25 heavy (non-hydrogen) atoms. The van der Waals surface area contributed by atoms with Crippen molar-refractivity contribution in [3.8, 4) is 0 Å². The molecule has 2 aromatic carbocycles. The summed E-state index contributed by atoms with van der Waals surface area (Å²) in [7, 11) is 0. The number of carbonyl (C=O) groups excluding carboxylic acids is 2. The number of aryl methyl sites for hydroxylation is 1. The van der Waals surface area contributed by atoms with Gasteiger partial charge in [-0.25, -0.2) is 4.79 Å². The summed E-state index contributed by atoms with van der Waals surface area (Å²) >= 11 is 0. The van der Waals surface area contributed by atoms with E-state index in [-0.39, 0.29) is 18.1 Å². The van der Waals surface area contributed by atoms with Gasteiger partial charge in [-0.05, 0) is 25.0 Å². The number of nitrogens with one attached hydrogen (secondary N) is 1. The molecule has 1 atom stereocenters. The standard InChI is InChI=1S/C18H17N3O4/c1-12-3-7-14(8-4-12)18(2)16(22)20(17(23)19-18)11-13-5-9-15(10-6-13)21(24)25/h3-10H,11H2,1-2H3,(H,19,23)/t18-/m0/s1. The topological polar surface area (TPSA) is 92.6 Å². The Kier molecular flexibility index (Phi) is 4.00. The van der Waals surface area contributed by atoms with Crippen LogP contribution < -0.4 is 5.32 Å². The van der Waals surface area contributed by atoms with Gasteiger partial charge in [0.05, 0.1) is 11.5 Å². The number of imide groups is 1. The van der Waals surface area contributed by atoms with Crippen LogP contribution in [0.3, 0.4) is 0 Å². The molecule has 0 saturated carbocycles. The Hall–Kier alpha value is -3.22. The van der Waals surface area contributed by atoms with Crippen molar-refractivity contribution in [2.45, 2.75) is 25.9 Å². The Morgan fingerprint density at radius 1 is 1.08 bits per heavy atom. The summed E-state index contributed by atoms with van der Waals surface area (Å²) in [6, 6.07) is 12.7. The maximum absolute atomic E-state index is 12.8. The number of urea groups is 1. The van der Waals surface area contributed by atoms with Crippen molar-refractivity contribution >= 4 is 17.6 Å². The molecule has 0 bridgehead atoms. The highest BCUT2D eigenvalue weighted by atomic mass is 16.6. The van der Waals surface area contributed by atoms with Crippen molar-refractivity contribution in [1.82, 2.24) is 10.2 Å². The zero-order chi connectivity index (χ0) is 18.2. The molecule has 0 aromatic heterocycles. The molecule has 0 unspecified atom stereocenters. The molecule has 128 valence electrons. The molecule has 7 heteroatoms. The quantitative estimate of drug-likeness (QED) is 0.526. The normalized spacial score (nSPS) is 19.8. The van der Waals surface area contributed by atoms with Crippen molar-refractivity contribution in [1.29, 1.82) is 0 Å². The van der Waals surface area contributed by atoms with Crippen LogP contribution in [-0.2, 0) is 16.9 Å². The summed E-state index contributed by atoms with van der Waals surface area (Å²) in [5, 5.41) is 13.4. The number of hydrogen-bond acceptors (Lipinski definition) is 4. The summed E-state index contributed by atoms with van der Waals surface area (Å²) < 4.78 is 0. The van der Waals surface area contributed by atoms with E-state index in [0.717, 1.165) is 10.5 Å². The van der Waals surface area contributed by atoms with E-state index in [1.165, 1.54) is 12.1 Å². The van der Waals surface area contributed by atoms with E-state index in [1.807, 2.05) is 31.2 Å². The molecule has 2 aromatic rings. The largest absolute Gasteiger partial charge is 0.325 e. The number of non-ortho nitro benzene ring substituents is 1. The number of nitrogens with zero attached hydrogens (tertiary/aromatic N) is 2. The molecule has 1 aliphatic rings. The highest BCUT2D eigenvalue weighted by Gasteiger charge is 2.48. The number of rotatable bonds is 4. The number of amides is 3. The number of nitro groups is 1. The van der Waals surface area contributed by atoms with Crippen molar-refractivity contribution < 1.29 is 14.5 Å². The lowest BCUT2D eigenvalue weighted by Gasteiger charge is -2.22. The minimum Gasteiger partial charge on any atom is -0.319 e. The fourth-order valence-electron chi connectivity index (χ4n) is 2.83. The second-order valence-corrected chi connectivity index (χ2v) is 6.24. The van der Waals surface area contributed by atoms with Crippen molar-refractivity contribution in [2.24, 2.45) is 0 Å². The third-order valence-electron chi connectivity index (χ3n) is 4.39. The molecule has 1 saturated heterocycles. The highest BCUT2D eigenvalue weighted by molar-refractivity contribution is 6.07. The fourth-order valence-corrected chi connectivity index (χ4v) is 2.83.